The molecule has 1 atom stereocenters. The first-order valence-electron chi connectivity index (χ1n) is 5.78. The quantitative estimate of drug-likeness (QED) is 0.671. The van der Waals surface area contributed by atoms with Crippen molar-refractivity contribution in [3.05, 3.63) is 0 Å². The summed E-state index contributed by atoms with van der Waals surface area (Å²) in [5, 5.41) is 3.52. The molecule has 1 aliphatic rings. The maximum absolute atomic E-state index is 3.52. The van der Waals surface area contributed by atoms with Gasteiger partial charge in [0.15, 0.2) is 0 Å². The molecule has 1 unspecified atom stereocenters. The van der Waals surface area contributed by atoms with Crippen molar-refractivity contribution >= 4 is 0 Å². The zero-order valence-corrected chi connectivity index (χ0v) is 9.18. The SMILES string of the molecule is CCCCCN1CCNC(C)CC1. The molecule has 0 aromatic heterocycles. The first kappa shape index (κ1) is 11.0. The molecule has 0 saturated carbocycles. The summed E-state index contributed by atoms with van der Waals surface area (Å²) < 4.78 is 0. The molecule has 0 amide bonds. The molecule has 13 heavy (non-hydrogen) atoms. The van der Waals surface area contributed by atoms with Crippen LogP contribution < -0.4 is 5.32 Å². The van der Waals surface area contributed by atoms with E-state index < -0.39 is 0 Å². The van der Waals surface area contributed by atoms with Gasteiger partial charge >= 0.3 is 0 Å². The highest BCUT2D eigenvalue weighted by atomic mass is 15.2. The zero-order chi connectivity index (χ0) is 9.52. The third-order valence-electron chi connectivity index (χ3n) is 2.88. The van der Waals surface area contributed by atoms with E-state index in [0.717, 1.165) is 6.04 Å². The van der Waals surface area contributed by atoms with E-state index in [-0.39, 0.29) is 0 Å². The average Bonchev–Trinajstić information content (AvgIpc) is 2.32. The minimum absolute atomic E-state index is 0.719. The van der Waals surface area contributed by atoms with Gasteiger partial charge in [0.05, 0.1) is 0 Å². The average molecular weight is 184 g/mol. The molecule has 2 nitrogen and oxygen atoms in total. The Kier molecular flexibility index (Phi) is 5.40. The molecule has 78 valence electrons. The van der Waals surface area contributed by atoms with E-state index in [4.69, 9.17) is 0 Å². The van der Waals surface area contributed by atoms with E-state index in [2.05, 4.69) is 24.1 Å². The summed E-state index contributed by atoms with van der Waals surface area (Å²) in [5.74, 6) is 0. The fraction of sp³-hybridized carbons (Fsp3) is 1.00. The van der Waals surface area contributed by atoms with E-state index in [9.17, 15) is 0 Å². The van der Waals surface area contributed by atoms with Gasteiger partial charge in [-0.1, -0.05) is 19.8 Å². The Morgan fingerprint density at radius 1 is 1.31 bits per heavy atom. The fourth-order valence-electron chi connectivity index (χ4n) is 1.87. The lowest BCUT2D eigenvalue weighted by atomic mass is 10.2. The summed E-state index contributed by atoms with van der Waals surface area (Å²) >= 11 is 0. The number of unbranched alkanes of at least 4 members (excludes halogenated alkanes) is 2. The first-order chi connectivity index (χ1) is 6.33. The van der Waals surface area contributed by atoms with Crippen molar-refractivity contribution in [2.24, 2.45) is 0 Å². The van der Waals surface area contributed by atoms with Gasteiger partial charge in [-0.25, -0.2) is 0 Å². The second-order valence-electron chi connectivity index (χ2n) is 4.19. The molecule has 0 spiro atoms. The Labute approximate surface area is 82.7 Å². The molecule has 1 fully saturated rings. The minimum Gasteiger partial charge on any atom is -0.313 e. The predicted molar refractivity (Wildman–Crippen MR) is 58.0 cm³/mol. The molecule has 0 radical (unpaired) electrons. The van der Waals surface area contributed by atoms with E-state index in [1.807, 2.05) is 0 Å². The Hall–Kier alpha value is -0.0800. The highest BCUT2D eigenvalue weighted by Gasteiger charge is 2.11. The molecule has 2 heteroatoms. The largest absolute Gasteiger partial charge is 0.313 e. The highest BCUT2D eigenvalue weighted by molar-refractivity contribution is 4.71. The maximum atomic E-state index is 3.52. The number of nitrogens with one attached hydrogen (secondary N) is 1. The van der Waals surface area contributed by atoms with Gasteiger partial charge in [0.1, 0.15) is 0 Å². The minimum atomic E-state index is 0.719. The van der Waals surface area contributed by atoms with Crippen LogP contribution in [0.25, 0.3) is 0 Å². The van der Waals surface area contributed by atoms with Crippen LogP contribution in [0.3, 0.4) is 0 Å². The smallest absolute Gasteiger partial charge is 0.0107 e. The van der Waals surface area contributed by atoms with Crippen LogP contribution in [0.1, 0.15) is 39.5 Å². The molecule has 1 heterocycles. The summed E-state index contributed by atoms with van der Waals surface area (Å²) in [6.07, 6.45) is 5.42. The lowest BCUT2D eigenvalue weighted by molar-refractivity contribution is 0.284. The lowest BCUT2D eigenvalue weighted by Gasteiger charge is -2.18. The van der Waals surface area contributed by atoms with Crippen LogP contribution in [-0.2, 0) is 0 Å². The summed E-state index contributed by atoms with van der Waals surface area (Å²) in [4.78, 5) is 2.60. The zero-order valence-electron chi connectivity index (χ0n) is 9.18. The summed E-state index contributed by atoms with van der Waals surface area (Å²) in [7, 11) is 0. The fourth-order valence-corrected chi connectivity index (χ4v) is 1.87. The van der Waals surface area contributed by atoms with Crippen LogP contribution in [-0.4, -0.2) is 37.1 Å². The molecule has 0 aromatic rings. The van der Waals surface area contributed by atoms with E-state index >= 15 is 0 Å². The van der Waals surface area contributed by atoms with Crippen molar-refractivity contribution in [1.82, 2.24) is 10.2 Å². The molecule has 1 rings (SSSR count). The van der Waals surface area contributed by atoms with Crippen molar-refractivity contribution in [2.75, 3.05) is 26.2 Å². The van der Waals surface area contributed by atoms with Crippen molar-refractivity contribution in [3.8, 4) is 0 Å². The van der Waals surface area contributed by atoms with Crippen LogP contribution in [0.15, 0.2) is 0 Å². The molecule has 0 bridgehead atoms. The monoisotopic (exact) mass is 184 g/mol. The van der Waals surface area contributed by atoms with Gasteiger partial charge < -0.3 is 10.2 Å². The number of rotatable bonds is 4. The Morgan fingerprint density at radius 2 is 2.15 bits per heavy atom. The van der Waals surface area contributed by atoms with Crippen molar-refractivity contribution in [3.63, 3.8) is 0 Å². The Bertz CT molecular complexity index is 125. The molecular formula is C11H24N2. The molecule has 0 aliphatic carbocycles. The van der Waals surface area contributed by atoms with Crippen LogP contribution in [0.5, 0.6) is 0 Å². The molecular weight excluding hydrogens is 160 g/mol. The second kappa shape index (κ2) is 6.39. The van der Waals surface area contributed by atoms with Crippen molar-refractivity contribution in [1.29, 1.82) is 0 Å². The number of hydrogen-bond acceptors (Lipinski definition) is 2. The van der Waals surface area contributed by atoms with Gasteiger partial charge in [0.2, 0.25) is 0 Å². The molecule has 1 aliphatic heterocycles. The van der Waals surface area contributed by atoms with E-state index in [0.29, 0.717) is 0 Å². The summed E-state index contributed by atoms with van der Waals surface area (Å²) in [6, 6.07) is 0.719. The topological polar surface area (TPSA) is 15.3 Å². The highest BCUT2D eigenvalue weighted by Crippen LogP contribution is 2.03. The van der Waals surface area contributed by atoms with Gasteiger partial charge in [0.25, 0.3) is 0 Å². The lowest BCUT2D eigenvalue weighted by Crippen LogP contribution is -2.29. The van der Waals surface area contributed by atoms with Crippen LogP contribution in [0, 0.1) is 0 Å². The van der Waals surface area contributed by atoms with Crippen LogP contribution in [0.2, 0.25) is 0 Å². The molecule has 1 N–H and O–H groups in total. The van der Waals surface area contributed by atoms with E-state index in [1.165, 1.54) is 51.9 Å². The van der Waals surface area contributed by atoms with Gasteiger partial charge in [-0.2, -0.15) is 0 Å². The van der Waals surface area contributed by atoms with Crippen LogP contribution >= 0.6 is 0 Å². The Balaban J connectivity index is 2.11. The first-order valence-corrected chi connectivity index (χ1v) is 5.78. The number of nitrogens with zero attached hydrogens (tertiary/aromatic N) is 1. The van der Waals surface area contributed by atoms with Crippen LogP contribution in [0.4, 0.5) is 0 Å². The predicted octanol–water partition coefficient (Wildman–Crippen LogP) is 1.86. The third kappa shape index (κ3) is 4.63. The summed E-state index contributed by atoms with van der Waals surface area (Å²) in [6.45, 7) is 9.57. The molecule has 0 aromatic carbocycles. The summed E-state index contributed by atoms with van der Waals surface area (Å²) in [5.41, 5.74) is 0. The van der Waals surface area contributed by atoms with Gasteiger partial charge in [-0.3, -0.25) is 0 Å². The molecule has 1 saturated heterocycles. The second-order valence-corrected chi connectivity index (χ2v) is 4.19. The Morgan fingerprint density at radius 3 is 2.92 bits per heavy atom. The van der Waals surface area contributed by atoms with Gasteiger partial charge in [0, 0.05) is 19.1 Å². The van der Waals surface area contributed by atoms with E-state index in [1.54, 1.807) is 0 Å². The van der Waals surface area contributed by atoms with Gasteiger partial charge in [-0.15, -0.1) is 0 Å². The standard InChI is InChI=1S/C11H24N2/c1-3-4-5-8-13-9-6-11(2)12-7-10-13/h11-12H,3-10H2,1-2H3. The maximum Gasteiger partial charge on any atom is 0.0107 e. The van der Waals surface area contributed by atoms with Crippen molar-refractivity contribution < 1.29 is 0 Å². The van der Waals surface area contributed by atoms with Gasteiger partial charge in [-0.05, 0) is 32.9 Å². The van der Waals surface area contributed by atoms with Crippen molar-refractivity contribution in [2.45, 2.75) is 45.6 Å². The third-order valence-corrected chi connectivity index (χ3v) is 2.88. The normalized spacial score (nSPS) is 25.8. The number of hydrogen-bond donors (Lipinski definition) is 1.